The van der Waals surface area contributed by atoms with Gasteiger partial charge in [-0.2, -0.15) is 0 Å². The van der Waals surface area contributed by atoms with Crippen LogP contribution < -0.4 is 5.32 Å². The van der Waals surface area contributed by atoms with Crippen molar-refractivity contribution in [2.24, 2.45) is 0 Å². The normalized spacial score (nSPS) is 19.2. The number of rotatable bonds is 6. The van der Waals surface area contributed by atoms with Crippen molar-refractivity contribution in [3.63, 3.8) is 0 Å². The van der Waals surface area contributed by atoms with Crippen LogP contribution in [0.4, 0.5) is 4.79 Å². The number of esters is 1. The summed E-state index contributed by atoms with van der Waals surface area (Å²) in [7, 11) is 1.28. The summed E-state index contributed by atoms with van der Waals surface area (Å²) in [6.07, 6.45) is 0.0299. The van der Waals surface area contributed by atoms with Gasteiger partial charge in [0.25, 0.3) is 0 Å². The third kappa shape index (κ3) is 5.14. The first-order valence-electron chi connectivity index (χ1n) is 9.38. The lowest BCUT2D eigenvalue weighted by molar-refractivity contribution is -0.125. The Balaban J connectivity index is 1.61. The monoisotopic (exact) mass is 433 g/mol. The molecule has 3 atom stereocenters. The van der Waals surface area contributed by atoms with Crippen molar-refractivity contribution in [3.8, 4) is 0 Å². The van der Waals surface area contributed by atoms with Crippen LogP contribution in [0, 0.1) is 0 Å². The topological polar surface area (TPSA) is 118 Å². The minimum Gasteiger partial charge on any atom is -0.465 e. The summed E-state index contributed by atoms with van der Waals surface area (Å²) >= 11 is 1.12. The highest BCUT2D eigenvalue weighted by Crippen LogP contribution is 2.23. The van der Waals surface area contributed by atoms with E-state index in [-0.39, 0.29) is 19.6 Å². The highest BCUT2D eigenvalue weighted by atomic mass is 32.1. The van der Waals surface area contributed by atoms with Crippen molar-refractivity contribution >= 4 is 29.3 Å². The average molecular weight is 433 g/mol. The van der Waals surface area contributed by atoms with Crippen LogP contribution in [0.2, 0.25) is 0 Å². The zero-order chi connectivity index (χ0) is 21.7. The molecule has 9 nitrogen and oxygen atoms in total. The highest BCUT2D eigenvalue weighted by Gasteiger charge is 2.40. The number of aliphatic hydroxyl groups is 1. The molecule has 160 valence electrons. The largest absolute Gasteiger partial charge is 0.465 e. The van der Waals surface area contributed by atoms with Crippen LogP contribution in [0.3, 0.4) is 0 Å². The second-order valence-electron chi connectivity index (χ2n) is 6.88. The van der Waals surface area contributed by atoms with E-state index in [1.54, 1.807) is 6.92 Å². The molecule has 1 fully saturated rings. The van der Waals surface area contributed by atoms with Crippen molar-refractivity contribution in [3.05, 3.63) is 52.0 Å². The van der Waals surface area contributed by atoms with Crippen LogP contribution in [-0.4, -0.2) is 58.8 Å². The summed E-state index contributed by atoms with van der Waals surface area (Å²) in [5, 5.41) is 13.3. The summed E-state index contributed by atoms with van der Waals surface area (Å²) < 4.78 is 9.96. The third-order valence-electron chi connectivity index (χ3n) is 4.66. The molecular weight excluding hydrogens is 410 g/mol. The highest BCUT2D eigenvalue weighted by molar-refractivity contribution is 7.13. The van der Waals surface area contributed by atoms with E-state index in [9.17, 15) is 19.5 Å². The van der Waals surface area contributed by atoms with E-state index in [0.717, 1.165) is 16.9 Å². The number of nitrogens with one attached hydrogen (secondary N) is 1. The Hall–Kier alpha value is -2.98. The number of amides is 2. The van der Waals surface area contributed by atoms with Gasteiger partial charge in [-0.1, -0.05) is 30.3 Å². The number of ether oxygens (including phenoxy) is 2. The Morgan fingerprint density at radius 2 is 2.07 bits per heavy atom. The van der Waals surface area contributed by atoms with Crippen LogP contribution in [0.25, 0.3) is 0 Å². The molecule has 1 aromatic heterocycles. The predicted octanol–water partition coefficient (Wildman–Crippen LogP) is 1.88. The Kier molecular flexibility index (Phi) is 7.01. The second kappa shape index (κ2) is 9.68. The fraction of sp³-hybridized carbons (Fsp3) is 0.400. The molecule has 10 heteroatoms. The number of likely N-dealkylation sites (tertiary alicyclic amines) is 1. The minimum absolute atomic E-state index is 0.0177. The van der Waals surface area contributed by atoms with Crippen LogP contribution in [0.5, 0.6) is 0 Å². The molecule has 0 radical (unpaired) electrons. The number of nitrogens with zero attached hydrogens (tertiary/aromatic N) is 2. The van der Waals surface area contributed by atoms with Gasteiger partial charge in [0.2, 0.25) is 5.91 Å². The van der Waals surface area contributed by atoms with E-state index in [2.05, 4.69) is 15.0 Å². The fourth-order valence-electron chi connectivity index (χ4n) is 3.12. The first kappa shape index (κ1) is 21.7. The smallest absolute Gasteiger partial charge is 0.410 e. The molecule has 1 saturated heterocycles. The summed E-state index contributed by atoms with van der Waals surface area (Å²) in [5.41, 5.74) is 0.824. The number of hydrogen-bond acceptors (Lipinski definition) is 8. The maximum atomic E-state index is 12.8. The van der Waals surface area contributed by atoms with Gasteiger partial charge in [0, 0.05) is 6.42 Å². The van der Waals surface area contributed by atoms with Gasteiger partial charge in [-0.05, 0) is 12.5 Å². The number of β-amino-alcohol motifs (C(OH)–C–C–N with tert-alkyl or cyclic N) is 1. The molecule has 1 unspecified atom stereocenters. The molecule has 0 saturated carbocycles. The van der Waals surface area contributed by atoms with Crippen molar-refractivity contribution in [1.82, 2.24) is 15.2 Å². The summed E-state index contributed by atoms with van der Waals surface area (Å²) in [5.74, 6) is -0.922. The number of hydrogen-bond donors (Lipinski definition) is 2. The van der Waals surface area contributed by atoms with Gasteiger partial charge in [0.15, 0.2) is 0 Å². The zero-order valence-corrected chi connectivity index (χ0v) is 17.4. The molecule has 2 amide bonds. The molecule has 1 aliphatic heterocycles. The van der Waals surface area contributed by atoms with Crippen LogP contribution in [0.1, 0.15) is 39.6 Å². The molecule has 3 rings (SSSR count). The molecule has 2 N–H and O–H groups in total. The van der Waals surface area contributed by atoms with Crippen molar-refractivity contribution in [2.75, 3.05) is 13.7 Å². The number of benzene rings is 1. The molecule has 2 heterocycles. The molecule has 30 heavy (non-hydrogen) atoms. The lowest BCUT2D eigenvalue weighted by Crippen LogP contribution is -2.46. The van der Waals surface area contributed by atoms with Crippen molar-refractivity contribution in [2.45, 2.75) is 38.1 Å². The van der Waals surface area contributed by atoms with Gasteiger partial charge in [-0.25, -0.2) is 14.6 Å². The van der Waals surface area contributed by atoms with E-state index in [4.69, 9.17) is 4.74 Å². The van der Waals surface area contributed by atoms with Gasteiger partial charge in [0.05, 0.1) is 32.0 Å². The molecule has 1 aromatic carbocycles. The quantitative estimate of drug-likeness (QED) is 0.668. The molecule has 1 aliphatic rings. The second-order valence-corrected chi connectivity index (χ2v) is 7.94. The number of aromatic nitrogens is 1. The average Bonchev–Trinajstić information content (AvgIpc) is 3.39. The fourth-order valence-corrected chi connectivity index (χ4v) is 3.96. The Bertz CT molecular complexity index is 903. The number of carbonyl (C=O) groups is 3. The Morgan fingerprint density at radius 1 is 1.33 bits per heavy atom. The van der Waals surface area contributed by atoms with Gasteiger partial charge in [-0.15, -0.1) is 11.3 Å². The van der Waals surface area contributed by atoms with E-state index in [1.165, 1.54) is 18.2 Å². The van der Waals surface area contributed by atoms with E-state index >= 15 is 0 Å². The summed E-state index contributed by atoms with van der Waals surface area (Å²) in [4.78, 5) is 42.6. The Morgan fingerprint density at radius 3 is 2.77 bits per heavy atom. The number of carbonyl (C=O) groups excluding carboxylic acids is 3. The van der Waals surface area contributed by atoms with E-state index in [1.807, 2.05) is 30.3 Å². The van der Waals surface area contributed by atoms with Crippen molar-refractivity contribution < 1.29 is 29.0 Å². The third-order valence-corrected chi connectivity index (χ3v) is 5.82. The molecular formula is C20H23N3O6S. The number of aliphatic hydroxyl groups excluding tert-OH is 1. The number of thiazole rings is 1. The first-order chi connectivity index (χ1) is 14.4. The lowest BCUT2D eigenvalue weighted by atomic mass is 10.1. The first-order valence-corrected chi connectivity index (χ1v) is 10.2. The predicted molar refractivity (Wildman–Crippen MR) is 108 cm³/mol. The Labute approximate surface area is 177 Å². The maximum Gasteiger partial charge on any atom is 0.410 e. The van der Waals surface area contributed by atoms with Crippen LogP contribution in [0.15, 0.2) is 36.5 Å². The van der Waals surface area contributed by atoms with Crippen LogP contribution in [-0.2, 0) is 20.9 Å². The van der Waals surface area contributed by atoms with Gasteiger partial charge >= 0.3 is 12.1 Å². The SMILES string of the molecule is COC(=O)c1cnc(C(C)NC(=O)[C@@H]2C[C@@H](O)CN2C(=O)OCc2ccccc2)s1. The molecule has 0 bridgehead atoms. The van der Waals surface area contributed by atoms with E-state index < -0.39 is 36.2 Å². The van der Waals surface area contributed by atoms with E-state index in [0.29, 0.717) is 9.88 Å². The van der Waals surface area contributed by atoms with Crippen molar-refractivity contribution in [1.29, 1.82) is 0 Å². The molecule has 0 aliphatic carbocycles. The maximum absolute atomic E-state index is 12.8. The van der Waals surface area contributed by atoms with Gasteiger partial charge < -0.3 is 19.9 Å². The minimum atomic E-state index is -0.856. The standard InChI is InChI=1S/C20H23N3O6S/c1-12(18-21-9-16(30-18)19(26)28-2)22-17(25)15-8-14(24)10-23(15)20(27)29-11-13-6-4-3-5-7-13/h3-7,9,12,14-15,24H,8,10-11H2,1-2H3,(H,22,25)/t12?,14-,15+/m1/s1. The summed E-state index contributed by atoms with van der Waals surface area (Å²) in [6.45, 7) is 1.82. The zero-order valence-electron chi connectivity index (χ0n) is 16.6. The van der Waals surface area contributed by atoms with Crippen LogP contribution >= 0.6 is 11.3 Å². The lowest BCUT2D eigenvalue weighted by Gasteiger charge is -2.24. The van der Waals surface area contributed by atoms with Gasteiger partial charge in [0.1, 0.15) is 22.5 Å². The number of methoxy groups -OCH3 is 1. The summed E-state index contributed by atoms with van der Waals surface area (Å²) in [6, 6.07) is 7.85. The molecule has 0 spiro atoms. The van der Waals surface area contributed by atoms with Gasteiger partial charge in [-0.3, -0.25) is 9.69 Å². The molecule has 2 aromatic rings.